The second-order valence-corrected chi connectivity index (χ2v) is 2.20. The summed E-state index contributed by atoms with van der Waals surface area (Å²) in [5.41, 5.74) is 0. The smallest absolute Gasteiger partial charge is 0.332 e. The topological polar surface area (TPSA) is 101 Å². The Labute approximate surface area is 82.5 Å². The maximum atomic E-state index is 8.66. The molecule has 0 aromatic carbocycles. The highest BCUT2D eigenvalue weighted by Gasteiger charge is 2.45. The average molecular weight is 225 g/mol. The van der Waals surface area contributed by atoms with Crippen molar-refractivity contribution in [1.82, 2.24) is 0 Å². The van der Waals surface area contributed by atoms with E-state index >= 15 is 0 Å². The monoisotopic (exact) mass is 224 g/mol. The number of hydrogen-bond donors (Lipinski definition) is 5. The molecule has 0 aromatic heterocycles. The zero-order valence-electron chi connectivity index (χ0n) is 6.47. The van der Waals surface area contributed by atoms with E-state index in [-0.39, 0.29) is 31.2 Å². The molecule has 0 atom stereocenters. The quantitative estimate of drug-likeness (QED) is 0.394. The van der Waals surface area contributed by atoms with Gasteiger partial charge in [-0.2, -0.15) is 0 Å². The van der Waals surface area contributed by atoms with Crippen molar-refractivity contribution in [3.63, 3.8) is 0 Å². The molecular formula is C5H14Cl2O5. The van der Waals surface area contributed by atoms with E-state index in [1.807, 2.05) is 0 Å². The third-order valence-corrected chi connectivity index (χ3v) is 1.14. The maximum Gasteiger partial charge on any atom is 0.332 e. The summed E-state index contributed by atoms with van der Waals surface area (Å²) in [5, 5.41) is 42.2. The van der Waals surface area contributed by atoms with Gasteiger partial charge in [0.25, 0.3) is 0 Å². The lowest BCUT2D eigenvalue weighted by atomic mass is 10.1. The van der Waals surface area contributed by atoms with Crippen LogP contribution in [0.3, 0.4) is 0 Å². The molecule has 0 rings (SSSR count). The molecule has 0 saturated heterocycles. The summed E-state index contributed by atoms with van der Waals surface area (Å²) < 4.78 is 0. The van der Waals surface area contributed by atoms with Gasteiger partial charge in [0.1, 0.15) is 0 Å². The number of hydrogen-bond acceptors (Lipinski definition) is 5. The second kappa shape index (κ2) is 5.93. The van der Waals surface area contributed by atoms with Crippen LogP contribution in [0.15, 0.2) is 0 Å². The molecule has 0 aliphatic carbocycles. The van der Waals surface area contributed by atoms with Crippen molar-refractivity contribution in [2.45, 2.75) is 31.5 Å². The summed E-state index contributed by atoms with van der Waals surface area (Å²) in [6.07, 6.45) is 0.00688. The summed E-state index contributed by atoms with van der Waals surface area (Å²) in [7, 11) is 0. The lowest BCUT2D eigenvalue weighted by Gasteiger charge is -2.29. The SMILES string of the molecule is CCCC(O)(O)C(O)(O)O.Cl.Cl. The third-order valence-electron chi connectivity index (χ3n) is 1.14. The fraction of sp³-hybridized carbons (Fsp3) is 1.00. The molecule has 0 aliphatic heterocycles. The van der Waals surface area contributed by atoms with Gasteiger partial charge in [-0.25, -0.2) is 0 Å². The second-order valence-electron chi connectivity index (χ2n) is 2.20. The molecule has 0 saturated carbocycles. The summed E-state index contributed by atoms with van der Waals surface area (Å²) in [6, 6.07) is 0. The molecular weight excluding hydrogens is 211 g/mol. The summed E-state index contributed by atoms with van der Waals surface area (Å²) in [6.45, 7) is 1.60. The Morgan fingerprint density at radius 3 is 1.33 bits per heavy atom. The minimum absolute atomic E-state index is 0. The van der Waals surface area contributed by atoms with Gasteiger partial charge in [-0.15, -0.1) is 24.8 Å². The molecule has 78 valence electrons. The first-order valence-electron chi connectivity index (χ1n) is 2.93. The van der Waals surface area contributed by atoms with Crippen LogP contribution in [-0.2, 0) is 0 Å². The van der Waals surface area contributed by atoms with Crippen molar-refractivity contribution in [3.05, 3.63) is 0 Å². The fourth-order valence-corrected chi connectivity index (χ4v) is 0.516. The van der Waals surface area contributed by atoms with Crippen LogP contribution < -0.4 is 0 Å². The van der Waals surface area contributed by atoms with Crippen molar-refractivity contribution in [3.8, 4) is 0 Å². The van der Waals surface area contributed by atoms with E-state index in [0.29, 0.717) is 6.42 Å². The fourth-order valence-electron chi connectivity index (χ4n) is 0.516. The third kappa shape index (κ3) is 5.10. The maximum absolute atomic E-state index is 8.66. The largest absolute Gasteiger partial charge is 0.359 e. The zero-order valence-corrected chi connectivity index (χ0v) is 8.10. The molecule has 5 N–H and O–H groups in total. The van der Waals surface area contributed by atoms with E-state index in [4.69, 9.17) is 25.5 Å². The number of aliphatic hydroxyl groups is 5. The Morgan fingerprint density at radius 1 is 0.917 bits per heavy atom. The molecule has 0 amide bonds. The van der Waals surface area contributed by atoms with Gasteiger partial charge in [0.05, 0.1) is 0 Å². The Kier molecular flexibility index (Phi) is 9.00. The molecule has 7 heteroatoms. The lowest BCUT2D eigenvalue weighted by Crippen LogP contribution is -2.54. The van der Waals surface area contributed by atoms with Crippen LogP contribution in [0, 0.1) is 0 Å². The van der Waals surface area contributed by atoms with E-state index < -0.39 is 11.8 Å². The van der Waals surface area contributed by atoms with Crippen molar-refractivity contribution in [2.24, 2.45) is 0 Å². The van der Waals surface area contributed by atoms with E-state index in [0.717, 1.165) is 0 Å². The minimum atomic E-state index is -3.44. The Hall–Kier alpha value is 0.380. The number of halogens is 2. The molecule has 0 fully saturated rings. The highest BCUT2D eigenvalue weighted by Crippen LogP contribution is 2.18. The minimum Gasteiger partial charge on any atom is -0.359 e. The van der Waals surface area contributed by atoms with Gasteiger partial charge < -0.3 is 25.5 Å². The molecule has 0 bridgehead atoms. The Morgan fingerprint density at radius 2 is 1.25 bits per heavy atom. The van der Waals surface area contributed by atoms with E-state index in [9.17, 15) is 0 Å². The summed E-state index contributed by atoms with van der Waals surface area (Å²) in [5.74, 6) is -6.29. The van der Waals surface area contributed by atoms with Crippen LogP contribution in [0.2, 0.25) is 0 Å². The van der Waals surface area contributed by atoms with Gasteiger partial charge in [0, 0.05) is 6.42 Å². The Bertz CT molecular complexity index is 111. The van der Waals surface area contributed by atoms with Gasteiger partial charge in [-0.3, -0.25) is 0 Å². The predicted octanol–water partition coefficient (Wildman–Crippen LogP) is -1.06. The summed E-state index contributed by atoms with van der Waals surface area (Å²) in [4.78, 5) is 0. The molecule has 0 unspecified atom stereocenters. The standard InChI is InChI=1S/C5H12O5.2ClH/c1-2-3-4(6,7)5(8,9)10;;/h6-10H,2-3H2,1H3;2*1H. The average Bonchev–Trinajstić information content (AvgIpc) is 1.61. The molecule has 12 heavy (non-hydrogen) atoms. The molecule has 0 aliphatic rings. The Balaban J connectivity index is -0.000000405. The molecule has 0 aromatic rings. The van der Waals surface area contributed by atoms with E-state index in [1.54, 1.807) is 6.92 Å². The van der Waals surface area contributed by atoms with E-state index in [1.165, 1.54) is 0 Å². The zero-order chi connectivity index (χ0) is 8.41. The van der Waals surface area contributed by atoms with Crippen LogP contribution in [0.5, 0.6) is 0 Å². The first kappa shape index (κ1) is 18.2. The van der Waals surface area contributed by atoms with E-state index in [2.05, 4.69) is 0 Å². The van der Waals surface area contributed by atoms with Gasteiger partial charge in [0.15, 0.2) is 0 Å². The van der Waals surface area contributed by atoms with Gasteiger partial charge in [-0.1, -0.05) is 13.3 Å². The number of rotatable bonds is 3. The van der Waals surface area contributed by atoms with Crippen LogP contribution in [-0.4, -0.2) is 37.3 Å². The summed E-state index contributed by atoms with van der Waals surface area (Å²) >= 11 is 0. The normalized spacial score (nSPS) is 11.5. The van der Waals surface area contributed by atoms with Crippen LogP contribution >= 0.6 is 24.8 Å². The molecule has 0 heterocycles. The lowest BCUT2D eigenvalue weighted by molar-refractivity contribution is -0.447. The highest BCUT2D eigenvalue weighted by molar-refractivity contribution is 5.85. The van der Waals surface area contributed by atoms with Gasteiger partial charge >= 0.3 is 5.97 Å². The van der Waals surface area contributed by atoms with Crippen LogP contribution in [0.25, 0.3) is 0 Å². The highest BCUT2D eigenvalue weighted by atomic mass is 35.5. The predicted molar refractivity (Wildman–Crippen MR) is 46.0 cm³/mol. The van der Waals surface area contributed by atoms with Crippen LogP contribution in [0.1, 0.15) is 19.8 Å². The first-order valence-corrected chi connectivity index (χ1v) is 2.93. The molecule has 0 radical (unpaired) electrons. The molecule has 0 spiro atoms. The van der Waals surface area contributed by atoms with Gasteiger partial charge in [-0.05, 0) is 0 Å². The van der Waals surface area contributed by atoms with Crippen LogP contribution in [0.4, 0.5) is 0 Å². The van der Waals surface area contributed by atoms with Gasteiger partial charge in [0.2, 0.25) is 5.79 Å². The van der Waals surface area contributed by atoms with Crippen molar-refractivity contribution in [2.75, 3.05) is 0 Å². The first-order chi connectivity index (χ1) is 4.31. The van der Waals surface area contributed by atoms with Crippen molar-refractivity contribution < 1.29 is 25.5 Å². The van der Waals surface area contributed by atoms with Crippen molar-refractivity contribution in [1.29, 1.82) is 0 Å². The molecule has 5 nitrogen and oxygen atoms in total. The van der Waals surface area contributed by atoms with Crippen molar-refractivity contribution >= 4 is 24.8 Å².